The molecule has 7 aliphatic rings. The second-order valence-electron chi connectivity index (χ2n) is 12.2. The molecular formula is C31H28O3. The summed E-state index contributed by atoms with van der Waals surface area (Å²) in [5.74, 6) is -0.533. The summed E-state index contributed by atoms with van der Waals surface area (Å²) in [5.41, 5.74) is 3.62. The lowest BCUT2D eigenvalue weighted by Crippen LogP contribution is -2.52. The van der Waals surface area contributed by atoms with Gasteiger partial charge in [-0.2, -0.15) is 0 Å². The molecule has 6 fully saturated rings. The third kappa shape index (κ3) is 1.50. The maximum atomic E-state index is 7.72. The molecule has 0 N–H and O–H groups in total. The van der Waals surface area contributed by atoms with Gasteiger partial charge in [0, 0.05) is 10.8 Å². The minimum atomic E-state index is -0.533. The van der Waals surface area contributed by atoms with Gasteiger partial charge in [0.2, 0.25) is 0 Å². The molecular weight excluding hydrogens is 420 g/mol. The van der Waals surface area contributed by atoms with Gasteiger partial charge in [-0.3, -0.25) is 0 Å². The lowest BCUT2D eigenvalue weighted by molar-refractivity contribution is -0.190. The minimum Gasteiger partial charge on any atom is -0.348 e. The van der Waals surface area contributed by atoms with Gasteiger partial charge in [0.05, 0.1) is 0 Å². The van der Waals surface area contributed by atoms with Gasteiger partial charge < -0.3 is 14.2 Å². The zero-order valence-electron chi connectivity index (χ0n) is 19.6. The highest BCUT2D eigenvalue weighted by molar-refractivity contribution is 5.66. The molecule has 3 heteroatoms. The van der Waals surface area contributed by atoms with E-state index in [-0.39, 0.29) is 22.0 Å². The van der Waals surface area contributed by atoms with Crippen LogP contribution in [-0.2, 0) is 25.4 Å². The first-order valence-electron chi connectivity index (χ1n) is 12.7. The molecule has 3 aromatic rings. The summed E-state index contributed by atoms with van der Waals surface area (Å²) in [6.45, 7) is 4.20. The fourth-order valence-electron chi connectivity index (χ4n) is 10.5. The van der Waals surface area contributed by atoms with Crippen LogP contribution in [0.25, 0.3) is 0 Å². The molecule has 4 saturated carbocycles. The number of ether oxygens (including phenoxy) is 3. The Balaban J connectivity index is 1.43. The summed E-state index contributed by atoms with van der Waals surface area (Å²) in [7, 11) is 0. The monoisotopic (exact) mass is 448 g/mol. The highest BCUT2D eigenvalue weighted by atomic mass is 16.8. The second-order valence-corrected chi connectivity index (χ2v) is 12.2. The van der Waals surface area contributed by atoms with Crippen LogP contribution in [0.4, 0.5) is 0 Å². The Bertz CT molecular complexity index is 1280. The molecule has 3 nitrogen and oxygen atoms in total. The van der Waals surface area contributed by atoms with Crippen molar-refractivity contribution in [3.63, 3.8) is 0 Å². The van der Waals surface area contributed by atoms with E-state index in [1.54, 1.807) is 0 Å². The van der Waals surface area contributed by atoms with Gasteiger partial charge in [-0.15, -0.1) is 0 Å². The molecule has 4 spiro atoms. The first-order valence-corrected chi connectivity index (χ1v) is 12.7. The quantitative estimate of drug-likeness (QED) is 0.478. The predicted octanol–water partition coefficient (Wildman–Crippen LogP) is 6.05. The van der Waals surface area contributed by atoms with Gasteiger partial charge in [-0.05, 0) is 61.8 Å². The van der Waals surface area contributed by atoms with Crippen molar-refractivity contribution in [2.45, 2.75) is 67.7 Å². The smallest absolute Gasteiger partial charge is 0.164 e. The largest absolute Gasteiger partial charge is 0.348 e. The van der Waals surface area contributed by atoms with Crippen LogP contribution in [0.5, 0.6) is 0 Å². The Morgan fingerprint density at radius 1 is 0.500 bits per heavy atom. The number of fused-ring (bicyclic) bond motifs is 5. The van der Waals surface area contributed by atoms with Gasteiger partial charge >= 0.3 is 0 Å². The zero-order valence-corrected chi connectivity index (χ0v) is 19.6. The van der Waals surface area contributed by atoms with Crippen LogP contribution in [0, 0.1) is 10.8 Å². The average Bonchev–Trinajstić information content (AvgIpc) is 3.59. The fourth-order valence-corrected chi connectivity index (χ4v) is 10.5. The molecule has 6 bridgehead atoms. The van der Waals surface area contributed by atoms with Gasteiger partial charge in [0.25, 0.3) is 0 Å². The van der Waals surface area contributed by atoms with E-state index in [4.69, 9.17) is 14.2 Å². The lowest BCUT2D eigenvalue weighted by Gasteiger charge is -2.51. The Labute approximate surface area is 200 Å². The Hall–Kier alpha value is -2.46. The lowest BCUT2D eigenvalue weighted by atomic mass is 9.47. The molecule has 170 valence electrons. The Morgan fingerprint density at radius 2 is 0.882 bits per heavy atom. The van der Waals surface area contributed by atoms with E-state index in [1.807, 2.05) is 0 Å². The van der Waals surface area contributed by atoms with Crippen LogP contribution in [0.15, 0.2) is 84.9 Å². The maximum Gasteiger partial charge on any atom is 0.164 e. The molecule has 0 radical (unpaired) electrons. The van der Waals surface area contributed by atoms with Crippen molar-refractivity contribution in [2.75, 3.05) is 0 Å². The molecule has 0 amide bonds. The third-order valence-electron chi connectivity index (χ3n) is 10.7. The minimum absolute atomic E-state index is 0.0674. The second kappa shape index (κ2) is 5.06. The number of benzene rings is 3. The Morgan fingerprint density at radius 3 is 1.29 bits per heavy atom. The summed E-state index contributed by atoms with van der Waals surface area (Å²) in [4.78, 5) is 0. The first-order chi connectivity index (χ1) is 16.4. The number of hydrogen-bond acceptors (Lipinski definition) is 3. The summed E-state index contributed by atoms with van der Waals surface area (Å²) in [6.07, 6.45) is 4.00. The fraction of sp³-hybridized carbons (Fsp3) is 0.419. The zero-order chi connectivity index (χ0) is 22.7. The van der Waals surface area contributed by atoms with Crippen LogP contribution in [0.3, 0.4) is 0 Å². The van der Waals surface area contributed by atoms with E-state index in [9.17, 15) is 0 Å². The number of hydrogen-bond donors (Lipinski definition) is 0. The summed E-state index contributed by atoms with van der Waals surface area (Å²) < 4.78 is 21.6. The van der Waals surface area contributed by atoms with Gasteiger partial charge in [-0.1, -0.05) is 84.9 Å². The third-order valence-corrected chi connectivity index (χ3v) is 10.7. The van der Waals surface area contributed by atoms with Crippen molar-refractivity contribution in [1.29, 1.82) is 0 Å². The molecule has 3 heterocycles. The standard InChI is InChI=1S/C31H28O3/c1-25(2)32-28-17-26-18-29(28,33-25)20-27(26,19-28)31(22-13-7-4-8-14-22)24-16-10-9-15-23(24)30(26,34-31)21-11-5-3-6-12-21/h3-16H,17-20H2,1-2H3. The molecule has 2 atom stereocenters. The van der Waals surface area contributed by atoms with E-state index >= 15 is 0 Å². The number of rotatable bonds is 2. The maximum absolute atomic E-state index is 7.72. The van der Waals surface area contributed by atoms with Crippen molar-refractivity contribution in [2.24, 2.45) is 10.8 Å². The van der Waals surface area contributed by atoms with E-state index in [0.717, 1.165) is 25.7 Å². The normalized spacial score (nSPS) is 47.2. The van der Waals surface area contributed by atoms with Crippen LogP contribution in [-0.4, -0.2) is 17.0 Å². The molecule has 34 heavy (non-hydrogen) atoms. The van der Waals surface area contributed by atoms with Crippen molar-refractivity contribution in [3.05, 3.63) is 107 Å². The molecule has 2 unspecified atom stereocenters. The highest BCUT2D eigenvalue weighted by Crippen LogP contribution is 2.97. The van der Waals surface area contributed by atoms with Gasteiger partial charge in [0.1, 0.15) is 22.4 Å². The van der Waals surface area contributed by atoms with E-state index < -0.39 is 17.0 Å². The van der Waals surface area contributed by atoms with E-state index in [1.165, 1.54) is 22.3 Å². The molecule has 10 rings (SSSR count). The van der Waals surface area contributed by atoms with E-state index in [2.05, 4.69) is 98.8 Å². The molecule has 4 aliphatic carbocycles. The van der Waals surface area contributed by atoms with Crippen molar-refractivity contribution in [1.82, 2.24) is 0 Å². The van der Waals surface area contributed by atoms with Crippen molar-refractivity contribution in [3.8, 4) is 0 Å². The van der Waals surface area contributed by atoms with Crippen LogP contribution in [0.2, 0.25) is 0 Å². The van der Waals surface area contributed by atoms with Crippen molar-refractivity contribution >= 4 is 0 Å². The summed E-state index contributed by atoms with van der Waals surface area (Å²) >= 11 is 0. The predicted molar refractivity (Wildman–Crippen MR) is 127 cm³/mol. The molecule has 3 aliphatic heterocycles. The molecule has 3 aromatic carbocycles. The Kier molecular flexibility index (Phi) is 2.80. The van der Waals surface area contributed by atoms with Crippen molar-refractivity contribution < 1.29 is 14.2 Å². The summed E-state index contributed by atoms with van der Waals surface area (Å²) in [5, 5.41) is 0. The van der Waals surface area contributed by atoms with Crippen LogP contribution < -0.4 is 0 Å². The average molecular weight is 449 g/mol. The highest BCUT2D eigenvalue weighted by Gasteiger charge is 3.00. The summed E-state index contributed by atoms with van der Waals surface area (Å²) in [6, 6.07) is 31.1. The van der Waals surface area contributed by atoms with Gasteiger partial charge in [-0.25, -0.2) is 0 Å². The SMILES string of the molecule is CC1(C)OC23CC45CC2(CC4(C3)C2(c3ccccc3)OC5(c3ccccc3)c3ccccc32)O1. The molecule has 0 aromatic heterocycles. The van der Waals surface area contributed by atoms with E-state index in [0.29, 0.717) is 0 Å². The topological polar surface area (TPSA) is 27.7 Å². The van der Waals surface area contributed by atoms with Gasteiger partial charge in [0.15, 0.2) is 5.79 Å². The first kappa shape index (κ1) is 18.8. The van der Waals surface area contributed by atoms with Crippen LogP contribution >= 0.6 is 0 Å². The van der Waals surface area contributed by atoms with Crippen LogP contribution in [0.1, 0.15) is 61.8 Å². The molecule has 2 saturated heterocycles.